The Morgan fingerprint density at radius 2 is 1.57 bits per heavy atom. The van der Waals surface area contributed by atoms with Crippen molar-refractivity contribution in [2.24, 2.45) is 0 Å². The van der Waals surface area contributed by atoms with Crippen LogP contribution in [-0.4, -0.2) is 41.4 Å². The van der Waals surface area contributed by atoms with Gasteiger partial charge in [0.15, 0.2) is 0 Å². The van der Waals surface area contributed by atoms with Crippen LogP contribution in [0, 0.1) is 0 Å². The number of rotatable bonds is 3. The van der Waals surface area contributed by atoms with Crippen LogP contribution in [0.25, 0.3) is 16.5 Å². The molecule has 6 heteroatoms. The number of amides is 1. The first-order valence-electron chi connectivity index (χ1n) is 9.18. The molecule has 1 aliphatic heterocycles. The second kappa shape index (κ2) is 7.31. The van der Waals surface area contributed by atoms with Crippen LogP contribution in [0.15, 0.2) is 59.5 Å². The minimum absolute atomic E-state index is 0.161. The average molecular weight is 376 g/mol. The first-order chi connectivity index (χ1) is 13.6. The molecule has 0 atom stereocenters. The van der Waals surface area contributed by atoms with Gasteiger partial charge in [-0.3, -0.25) is 19.0 Å². The van der Waals surface area contributed by atoms with Crippen LogP contribution in [0.2, 0.25) is 0 Å². The Kier molecular flexibility index (Phi) is 4.69. The normalized spacial score (nSPS) is 14.3. The fourth-order valence-electron chi connectivity index (χ4n) is 3.53. The topological polar surface area (TPSA) is 68.6 Å². The SMILES string of the molecule is COc1ccc(-n2cc(C(=O)N3CCC(=O)CC3)c3ccccc3c2=O)cc1. The molecule has 1 aliphatic rings. The third kappa shape index (κ3) is 3.17. The van der Waals surface area contributed by atoms with Crippen LogP contribution in [-0.2, 0) is 4.79 Å². The van der Waals surface area contributed by atoms with Crippen molar-refractivity contribution in [3.8, 4) is 11.4 Å². The minimum atomic E-state index is -0.189. The molecule has 0 aliphatic carbocycles. The van der Waals surface area contributed by atoms with E-state index in [1.807, 2.05) is 6.07 Å². The molecular formula is C22H20N2O4. The summed E-state index contributed by atoms with van der Waals surface area (Å²) in [5.41, 5.74) is 0.922. The standard InChI is InChI=1S/C22H20N2O4/c1-28-17-8-6-15(7-9-17)24-14-20(18-4-2-3-5-19(18)22(24)27)21(26)23-12-10-16(25)11-13-23/h2-9,14H,10-13H2,1H3. The lowest BCUT2D eigenvalue weighted by atomic mass is 10.0. The molecule has 0 N–H and O–H groups in total. The third-order valence-electron chi connectivity index (χ3n) is 5.11. The van der Waals surface area contributed by atoms with E-state index in [0.717, 1.165) is 0 Å². The van der Waals surface area contributed by atoms with Crippen molar-refractivity contribution in [1.82, 2.24) is 9.47 Å². The molecule has 0 bridgehead atoms. The molecule has 2 aromatic carbocycles. The number of nitrogens with zero attached hydrogens (tertiary/aromatic N) is 2. The molecule has 4 rings (SSSR count). The molecular weight excluding hydrogens is 356 g/mol. The number of benzene rings is 2. The average Bonchev–Trinajstić information content (AvgIpc) is 2.74. The Morgan fingerprint density at radius 3 is 2.21 bits per heavy atom. The molecule has 2 heterocycles. The maximum absolute atomic E-state index is 13.2. The first kappa shape index (κ1) is 18.0. The highest BCUT2D eigenvalue weighted by Crippen LogP contribution is 2.21. The van der Waals surface area contributed by atoms with Gasteiger partial charge >= 0.3 is 0 Å². The molecule has 0 radical (unpaired) electrons. The van der Waals surface area contributed by atoms with Gasteiger partial charge in [-0.05, 0) is 30.3 Å². The monoisotopic (exact) mass is 376 g/mol. The number of ether oxygens (including phenoxy) is 1. The van der Waals surface area contributed by atoms with E-state index < -0.39 is 0 Å². The van der Waals surface area contributed by atoms with Gasteiger partial charge < -0.3 is 9.64 Å². The van der Waals surface area contributed by atoms with Gasteiger partial charge in [0.1, 0.15) is 11.5 Å². The van der Waals surface area contributed by atoms with E-state index in [1.54, 1.807) is 60.7 Å². The van der Waals surface area contributed by atoms with Gasteiger partial charge in [-0.2, -0.15) is 0 Å². The summed E-state index contributed by atoms with van der Waals surface area (Å²) in [7, 11) is 1.58. The Labute approximate surface area is 162 Å². The number of piperidine rings is 1. The van der Waals surface area contributed by atoms with Crippen LogP contribution in [0.4, 0.5) is 0 Å². The molecule has 0 unspecified atom stereocenters. The number of carbonyl (C=O) groups is 2. The predicted octanol–water partition coefficient (Wildman–Crippen LogP) is 2.80. The molecule has 3 aromatic rings. The maximum atomic E-state index is 13.2. The largest absolute Gasteiger partial charge is 0.497 e. The van der Waals surface area contributed by atoms with Gasteiger partial charge in [0.2, 0.25) is 0 Å². The van der Waals surface area contributed by atoms with Crippen LogP contribution in [0.3, 0.4) is 0 Å². The summed E-state index contributed by atoms with van der Waals surface area (Å²) in [6, 6.07) is 14.2. The Hall–Kier alpha value is -3.41. The van der Waals surface area contributed by atoms with Gasteiger partial charge in [-0.1, -0.05) is 18.2 Å². The van der Waals surface area contributed by atoms with E-state index in [4.69, 9.17) is 4.74 Å². The lowest BCUT2D eigenvalue weighted by Gasteiger charge is -2.26. The molecule has 1 fully saturated rings. The summed E-state index contributed by atoms with van der Waals surface area (Å²) in [6.45, 7) is 0.821. The smallest absolute Gasteiger partial charge is 0.262 e. The number of Topliss-reactive ketones (excluding diaryl/α,β-unsaturated/α-hetero) is 1. The van der Waals surface area contributed by atoms with E-state index in [2.05, 4.69) is 0 Å². The van der Waals surface area contributed by atoms with E-state index >= 15 is 0 Å². The number of hydrogen-bond acceptors (Lipinski definition) is 4. The molecule has 6 nitrogen and oxygen atoms in total. The van der Waals surface area contributed by atoms with Crippen molar-refractivity contribution < 1.29 is 14.3 Å². The minimum Gasteiger partial charge on any atom is -0.497 e. The number of carbonyl (C=O) groups excluding carboxylic acids is 2. The van der Waals surface area contributed by atoms with E-state index in [1.165, 1.54) is 4.57 Å². The summed E-state index contributed by atoms with van der Waals surface area (Å²) < 4.78 is 6.67. The summed E-state index contributed by atoms with van der Waals surface area (Å²) in [6.07, 6.45) is 2.36. The van der Waals surface area contributed by atoms with Crippen LogP contribution in [0.1, 0.15) is 23.2 Å². The number of hydrogen-bond donors (Lipinski definition) is 0. The van der Waals surface area contributed by atoms with Crippen molar-refractivity contribution in [2.45, 2.75) is 12.8 Å². The zero-order valence-corrected chi connectivity index (χ0v) is 15.6. The highest BCUT2D eigenvalue weighted by Gasteiger charge is 2.24. The van der Waals surface area contributed by atoms with E-state index in [0.29, 0.717) is 53.7 Å². The Bertz CT molecular complexity index is 1110. The highest BCUT2D eigenvalue weighted by atomic mass is 16.5. The van der Waals surface area contributed by atoms with Gasteiger partial charge in [-0.15, -0.1) is 0 Å². The van der Waals surface area contributed by atoms with Gasteiger partial charge in [0, 0.05) is 48.6 Å². The number of aromatic nitrogens is 1. The van der Waals surface area contributed by atoms with Gasteiger partial charge in [0.25, 0.3) is 11.5 Å². The fourth-order valence-corrected chi connectivity index (χ4v) is 3.53. The van der Waals surface area contributed by atoms with Crippen molar-refractivity contribution in [1.29, 1.82) is 0 Å². The molecule has 0 spiro atoms. The Morgan fingerprint density at radius 1 is 0.929 bits per heavy atom. The van der Waals surface area contributed by atoms with Gasteiger partial charge in [-0.25, -0.2) is 0 Å². The second-order valence-corrected chi connectivity index (χ2v) is 6.79. The van der Waals surface area contributed by atoms with Crippen molar-refractivity contribution in [3.05, 3.63) is 70.6 Å². The number of fused-ring (bicyclic) bond motifs is 1. The molecule has 0 saturated carbocycles. The molecule has 1 aromatic heterocycles. The zero-order chi connectivity index (χ0) is 19.7. The number of ketones is 1. The van der Waals surface area contributed by atoms with Crippen molar-refractivity contribution in [3.63, 3.8) is 0 Å². The van der Waals surface area contributed by atoms with Crippen molar-refractivity contribution >= 4 is 22.5 Å². The van der Waals surface area contributed by atoms with E-state index in [-0.39, 0.29) is 17.2 Å². The van der Waals surface area contributed by atoms with Gasteiger partial charge in [0.05, 0.1) is 12.7 Å². The molecule has 1 saturated heterocycles. The third-order valence-corrected chi connectivity index (χ3v) is 5.11. The number of pyridine rings is 1. The summed E-state index contributed by atoms with van der Waals surface area (Å²) in [5, 5.41) is 1.11. The van der Waals surface area contributed by atoms with Crippen LogP contribution < -0.4 is 10.3 Å². The maximum Gasteiger partial charge on any atom is 0.262 e. The quantitative estimate of drug-likeness (QED) is 0.705. The predicted molar refractivity (Wildman–Crippen MR) is 106 cm³/mol. The number of likely N-dealkylation sites (tertiary alicyclic amines) is 1. The van der Waals surface area contributed by atoms with Crippen LogP contribution in [0.5, 0.6) is 5.75 Å². The first-order valence-corrected chi connectivity index (χ1v) is 9.18. The molecule has 28 heavy (non-hydrogen) atoms. The van der Waals surface area contributed by atoms with Crippen molar-refractivity contribution in [2.75, 3.05) is 20.2 Å². The molecule has 142 valence electrons. The summed E-state index contributed by atoms with van der Waals surface area (Å²) in [5.74, 6) is 0.704. The van der Waals surface area contributed by atoms with Crippen LogP contribution >= 0.6 is 0 Å². The summed E-state index contributed by atoms with van der Waals surface area (Å²) >= 11 is 0. The lowest BCUT2D eigenvalue weighted by Crippen LogP contribution is -2.39. The lowest BCUT2D eigenvalue weighted by molar-refractivity contribution is -0.120. The highest BCUT2D eigenvalue weighted by molar-refractivity contribution is 6.07. The summed E-state index contributed by atoms with van der Waals surface area (Å²) in [4.78, 5) is 39.4. The zero-order valence-electron chi connectivity index (χ0n) is 15.6. The fraction of sp³-hybridized carbons (Fsp3) is 0.227. The molecule has 1 amide bonds. The van der Waals surface area contributed by atoms with E-state index in [9.17, 15) is 14.4 Å². The second-order valence-electron chi connectivity index (χ2n) is 6.79. The number of methoxy groups -OCH3 is 1. The Balaban J connectivity index is 1.85.